The summed E-state index contributed by atoms with van der Waals surface area (Å²) in [6.45, 7) is 10.6. The number of nitrogens with zero attached hydrogens (tertiary/aromatic N) is 2. The molecule has 0 fully saturated rings. The molecule has 2 aromatic rings. The first-order chi connectivity index (χ1) is 15.6. The van der Waals surface area contributed by atoms with Crippen molar-refractivity contribution in [2.45, 2.75) is 65.1 Å². The van der Waals surface area contributed by atoms with Crippen LogP contribution in [0.25, 0.3) is 0 Å². The Labute approximate surface area is 199 Å². The highest BCUT2D eigenvalue weighted by Gasteiger charge is 2.34. The Morgan fingerprint density at radius 3 is 2.61 bits per heavy atom. The number of amides is 3. The number of benzene rings is 1. The third kappa shape index (κ3) is 6.47. The van der Waals surface area contributed by atoms with Crippen LogP contribution in [0.2, 0.25) is 0 Å². The Bertz CT molecular complexity index is 955. The number of thiophene rings is 1. The Morgan fingerprint density at radius 1 is 1.27 bits per heavy atom. The van der Waals surface area contributed by atoms with Crippen molar-refractivity contribution < 1.29 is 18.7 Å². The van der Waals surface area contributed by atoms with E-state index >= 15 is 0 Å². The number of urea groups is 1. The lowest BCUT2D eigenvalue weighted by molar-refractivity contribution is -0.136. The van der Waals surface area contributed by atoms with Crippen molar-refractivity contribution in [2.75, 3.05) is 19.7 Å². The van der Waals surface area contributed by atoms with Gasteiger partial charge in [0.25, 0.3) is 0 Å². The number of carbonyl (C=O) groups excluding carboxylic acids is 2. The lowest BCUT2D eigenvalue weighted by Gasteiger charge is -2.38. The molecule has 0 bridgehead atoms. The van der Waals surface area contributed by atoms with E-state index in [1.807, 2.05) is 51.0 Å². The number of fused-ring (bicyclic) bond motifs is 1. The van der Waals surface area contributed by atoms with Crippen molar-refractivity contribution in [3.05, 3.63) is 52.0 Å². The van der Waals surface area contributed by atoms with Gasteiger partial charge < -0.3 is 19.9 Å². The highest BCUT2D eigenvalue weighted by molar-refractivity contribution is 7.10. The van der Waals surface area contributed by atoms with Crippen molar-refractivity contribution in [3.63, 3.8) is 0 Å². The topological polar surface area (TPSA) is 61.9 Å². The van der Waals surface area contributed by atoms with E-state index in [4.69, 9.17) is 4.74 Å². The number of hydrogen-bond acceptors (Lipinski definition) is 4. The van der Waals surface area contributed by atoms with Gasteiger partial charge in [0.05, 0.1) is 6.04 Å². The molecule has 3 rings (SSSR count). The van der Waals surface area contributed by atoms with Gasteiger partial charge in [-0.05, 0) is 81.8 Å². The lowest BCUT2D eigenvalue weighted by atomic mass is 10.00. The van der Waals surface area contributed by atoms with Crippen LogP contribution in [0.4, 0.5) is 9.18 Å². The molecule has 1 aliphatic rings. The first-order valence-electron chi connectivity index (χ1n) is 11.4. The summed E-state index contributed by atoms with van der Waals surface area (Å²) in [6.07, 6.45) is 1.53. The van der Waals surface area contributed by atoms with Gasteiger partial charge in [-0.15, -0.1) is 11.3 Å². The number of nitrogens with one attached hydrogen (secondary N) is 1. The number of ether oxygens (including phenoxy) is 1. The van der Waals surface area contributed by atoms with E-state index in [-0.39, 0.29) is 43.0 Å². The van der Waals surface area contributed by atoms with E-state index in [1.54, 1.807) is 28.4 Å². The van der Waals surface area contributed by atoms with Crippen LogP contribution in [0.1, 0.15) is 57.5 Å². The molecule has 2 atom stereocenters. The molecule has 6 nitrogen and oxygen atoms in total. The first-order valence-corrected chi connectivity index (χ1v) is 12.3. The minimum absolute atomic E-state index is 0.00341. The average Bonchev–Trinajstić information content (AvgIpc) is 3.24. The fourth-order valence-electron chi connectivity index (χ4n) is 3.86. The molecule has 2 heterocycles. The highest BCUT2D eigenvalue weighted by Crippen LogP contribution is 2.34. The molecule has 1 aliphatic heterocycles. The van der Waals surface area contributed by atoms with Crippen LogP contribution < -0.4 is 10.1 Å². The molecule has 33 heavy (non-hydrogen) atoms. The summed E-state index contributed by atoms with van der Waals surface area (Å²) in [4.78, 5) is 31.1. The molecule has 1 aromatic carbocycles. The minimum Gasteiger partial charge on any atom is -0.491 e. The van der Waals surface area contributed by atoms with Crippen LogP contribution in [-0.4, -0.2) is 53.0 Å². The predicted molar refractivity (Wildman–Crippen MR) is 129 cm³/mol. The molecule has 180 valence electrons. The number of rotatable bonds is 7. The Kier molecular flexibility index (Phi) is 8.00. The van der Waals surface area contributed by atoms with E-state index in [0.717, 1.165) is 18.4 Å². The highest BCUT2D eigenvalue weighted by atomic mass is 32.1. The fraction of sp³-hybridized carbons (Fsp3) is 0.520. The SMILES string of the molecule is CC[C@H](C)N(CC(=O)N1CCc2sccc2[C@@H]1COc1ccc(F)cc1)C(=O)NC(C)(C)C. The molecule has 1 N–H and O–H groups in total. The Morgan fingerprint density at radius 2 is 1.97 bits per heavy atom. The zero-order valence-corrected chi connectivity index (χ0v) is 20.9. The van der Waals surface area contributed by atoms with Crippen molar-refractivity contribution >= 4 is 23.3 Å². The van der Waals surface area contributed by atoms with Gasteiger partial charge in [0, 0.05) is 23.0 Å². The van der Waals surface area contributed by atoms with E-state index in [0.29, 0.717) is 12.3 Å². The predicted octanol–water partition coefficient (Wildman–Crippen LogP) is 5.00. The van der Waals surface area contributed by atoms with Crippen LogP contribution in [0.3, 0.4) is 0 Å². The van der Waals surface area contributed by atoms with Crippen LogP contribution in [0.15, 0.2) is 35.7 Å². The maximum Gasteiger partial charge on any atom is 0.318 e. The van der Waals surface area contributed by atoms with E-state index in [2.05, 4.69) is 5.32 Å². The minimum atomic E-state index is -0.395. The van der Waals surface area contributed by atoms with Gasteiger partial charge in [-0.2, -0.15) is 0 Å². The molecular formula is C25H34FN3O3S. The zero-order valence-electron chi connectivity index (χ0n) is 20.1. The zero-order chi connectivity index (χ0) is 24.2. The smallest absolute Gasteiger partial charge is 0.318 e. The van der Waals surface area contributed by atoms with Gasteiger partial charge in [0.1, 0.15) is 24.7 Å². The maximum absolute atomic E-state index is 13.5. The van der Waals surface area contributed by atoms with Crippen molar-refractivity contribution in [1.82, 2.24) is 15.1 Å². The fourth-order valence-corrected chi connectivity index (χ4v) is 4.79. The van der Waals surface area contributed by atoms with Gasteiger partial charge in [-0.25, -0.2) is 9.18 Å². The van der Waals surface area contributed by atoms with Gasteiger partial charge in [0.2, 0.25) is 5.91 Å². The van der Waals surface area contributed by atoms with Gasteiger partial charge in [0.15, 0.2) is 0 Å². The molecule has 0 saturated carbocycles. The third-order valence-electron chi connectivity index (χ3n) is 5.81. The molecule has 3 amide bonds. The van der Waals surface area contributed by atoms with Gasteiger partial charge >= 0.3 is 6.03 Å². The summed E-state index contributed by atoms with van der Waals surface area (Å²) < 4.78 is 19.2. The number of hydrogen-bond donors (Lipinski definition) is 1. The summed E-state index contributed by atoms with van der Waals surface area (Å²) in [5.74, 6) is 0.122. The summed E-state index contributed by atoms with van der Waals surface area (Å²) >= 11 is 1.68. The molecule has 0 saturated heterocycles. The summed E-state index contributed by atoms with van der Waals surface area (Å²) in [7, 11) is 0. The molecule has 0 aliphatic carbocycles. The quantitative estimate of drug-likeness (QED) is 0.613. The summed E-state index contributed by atoms with van der Waals surface area (Å²) in [6, 6.07) is 7.34. The monoisotopic (exact) mass is 475 g/mol. The average molecular weight is 476 g/mol. The molecule has 0 unspecified atom stereocenters. The molecular weight excluding hydrogens is 441 g/mol. The van der Waals surface area contributed by atoms with Gasteiger partial charge in [-0.1, -0.05) is 6.92 Å². The van der Waals surface area contributed by atoms with Crippen LogP contribution in [-0.2, 0) is 11.2 Å². The van der Waals surface area contributed by atoms with Crippen molar-refractivity contribution in [1.29, 1.82) is 0 Å². The Balaban J connectivity index is 1.78. The second-order valence-electron chi connectivity index (χ2n) is 9.48. The first kappa shape index (κ1) is 25.0. The summed E-state index contributed by atoms with van der Waals surface area (Å²) in [5.41, 5.74) is 0.685. The Hall–Kier alpha value is -2.61. The van der Waals surface area contributed by atoms with Crippen molar-refractivity contribution in [2.24, 2.45) is 0 Å². The van der Waals surface area contributed by atoms with E-state index in [9.17, 15) is 14.0 Å². The van der Waals surface area contributed by atoms with Crippen LogP contribution in [0.5, 0.6) is 5.75 Å². The van der Waals surface area contributed by atoms with E-state index in [1.165, 1.54) is 17.0 Å². The normalized spacial score (nSPS) is 16.7. The summed E-state index contributed by atoms with van der Waals surface area (Å²) in [5, 5.41) is 5.01. The molecule has 8 heteroatoms. The van der Waals surface area contributed by atoms with Crippen LogP contribution in [0, 0.1) is 5.82 Å². The maximum atomic E-state index is 13.5. The largest absolute Gasteiger partial charge is 0.491 e. The standard InChI is InChI=1S/C25H34FN3O3S/c1-6-17(2)29(24(31)27-25(3,4)5)15-23(30)28-13-11-22-20(12-14-33-22)21(28)16-32-19-9-7-18(26)8-10-19/h7-10,12,14,17,21H,6,11,13,15-16H2,1-5H3,(H,27,31)/t17-,21-/m0/s1. The van der Waals surface area contributed by atoms with Gasteiger partial charge in [-0.3, -0.25) is 4.79 Å². The third-order valence-corrected chi connectivity index (χ3v) is 6.80. The number of halogens is 1. The van der Waals surface area contributed by atoms with Crippen LogP contribution >= 0.6 is 11.3 Å². The molecule has 0 spiro atoms. The van der Waals surface area contributed by atoms with Crippen molar-refractivity contribution in [3.8, 4) is 5.75 Å². The molecule has 1 aromatic heterocycles. The molecule has 0 radical (unpaired) electrons. The van der Waals surface area contributed by atoms with E-state index < -0.39 is 5.54 Å². The number of carbonyl (C=O) groups is 2. The lowest BCUT2D eigenvalue weighted by Crippen LogP contribution is -2.55. The second-order valence-corrected chi connectivity index (χ2v) is 10.5. The second kappa shape index (κ2) is 10.5.